The highest BCUT2D eigenvalue weighted by molar-refractivity contribution is 7.12. The summed E-state index contributed by atoms with van der Waals surface area (Å²) in [5.41, 5.74) is 3.17. The number of hydrogen-bond acceptors (Lipinski definition) is 4. The van der Waals surface area contributed by atoms with Crippen molar-refractivity contribution in [2.24, 2.45) is 0 Å². The Morgan fingerprint density at radius 2 is 1.86 bits per heavy atom. The minimum atomic E-state index is 0.0913. The number of aryl methyl sites for hydroxylation is 1. The number of hydrogen-bond donors (Lipinski definition) is 0. The summed E-state index contributed by atoms with van der Waals surface area (Å²) in [6.07, 6.45) is 1.72. The number of benzene rings is 1. The van der Waals surface area contributed by atoms with Crippen molar-refractivity contribution in [1.82, 2.24) is 14.7 Å². The van der Waals surface area contributed by atoms with E-state index in [9.17, 15) is 4.79 Å². The number of nitrogens with zero attached hydrogens (tertiary/aromatic N) is 4. The molecule has 0 saturated carbocycles. The van der Waals surface area contributed by atoms with Gasteiger partial charge in [0.2, 0.25) is 0 Å². The number of anilines is 1. The molecule has 2 aromatic heterocycles. The maximum atomic E-state index is 13.3. The zero-order valence-corrected chi connectivity index (χ0v) is 18.7. The normalized spacial score (nSPS) is 12.0. The molecule has 0 bridgehead atoms. The maximum absolute atomic E-state index is 13.3. The molecule has 1 unspecified atom stereocenters. The first kappa shape index (κ1) is 21.1. The van der Waals surface area contributed by atoms with Gasteiger partial charge in [0.1, 0.15) is 5.82 Å². The highest BCUT2D eigenvalue weighted by Gasteiger charge is 2.27. The SMILES string of the molecule is CCc1nn(-c2ccccc2)c(N(C)C)c1CN(C(=O)c1cccs1)C(C)CC. The number of amides is 1. The molecule has 1 amide bonds. The molecule has 154 valence electrons. The van der Waals surface area contributed by atoms with E-state index in [0.717, 1.165) is 40.5 Å². The quantitative estimate of drug-likeness (QED) is 0.525. The standard InChI is InChI=1S/C23H30N4OS/c1-6-17(3)26(23(28)21-14-11-15-29-21)16-19-20(7-2)24-27(22(19)25(4)5)18-12-9-8-10-13-18/h8-15,17H,6-7,16H2,1-5H3. The topological polar surface area (TPSA) is 41.4 Å². The molecular weight excluding hydrogens is 380 g/mol. The van der Waals surface area contributed by atoms with Gasteiger partial charge in [-0.3, -0.25) is 4.79 Å². The summed E-state index contributed by atoms with van der Waals surface area (Å²) in [4.78, 5) is 18.1. The highest BCUT2D eigenvalue weighted by Crippen LogP contribution is 2.30. The molecule has 0 aliphatic heterocycles. The molecule has 0 fully saturated rings. The van der Waals surface area contributed by atoms with Crippen LogP contribution < -0.4 is 4.90 Å². The lowest BCUT2D eigenvalue weighted by molar-refractivity contribution is 0.0676. The second-order valence-electron chi connectivity index (χ2n) is 7.41. The molecular formula is C23H30N4OS. The van der Waals surface area contributed by atoms with Gasteiger partial charge in [0, 0.05) is 25.7 Å². The number of carbonyl (C=O) groups is 1. The Morgan fingerprint density at radius 1 is 1.14 bits per heavy atom. The van der Waals surface area contributed by atoms with Crippen LogP contribution in [0.3, 0.4) is 0 Å². The van der Waals surface area contributed by atoms with Crippen LogP contribution in [0.25, 0.3) is 5.69 Å². The Bertz CT molecular complexity index is 931. The van der Waals surface area contributed by atoms with Gasteiger partial charge in [-0.25, -0.2) is 4.68 Å². The second kappa shape index (κ2) is 9.27. The molecule has 0 aliphatic rings. The first-order valence-corrected chi connectivity index (χ1v) is 11.0. The lowest BCUT2D eigenvalue weighted by Gasteiger charge is -2.29. The lowest BCUT2D eigenvalue weighted by Crippen LogP contribution is -2.38. The summed E-state index contributed by atoms with van der Waals surface area (Å²) in [6.45, 7) is 6.92. The minimum absolute atomic E-state index is 0.0913. The van der Waals surface area contributed by atoms with Crippen LogP contribution in [0.15, 0.2) is 47.8 Å². The Hall–Kier alpha value is -2.60. The van der Waals surface area contributed by atoms with E-state index in [2.05, 4.69) is 37.8 Å². The van der Waals surface area contributed by atoms with Gasteiger partial charge in [-0.1, -0.05) is 38.1 Å². The summed E-state index contributed by atoms with van der Waals surface area (Å²) in [5.74, 6) is 1.12. The average molecular weight is 411 g/mol. The van der Waals surface area contributed by atoms with Crippen molar-refractivity contribution in [3.63, 3.8) is 0 Å². The predicted molar refractivity (Wildman–Crippen MR) is 121 cm³/mol. The fraction of sp³-hybridized carbons (Fsp3) is 0.391. The molecule has 29 heavy (non-hydrogen) atoms. The van der Waals surface area contributed by atoms with Crippen molar-refractivity contribution in [2.75, 3.05) is 19.0 Å². The number of rotatable bonds is 8. The van der Waals surface area contributed by atoms with Gasteiger partial charge < -0.3 is 9.80 Å². The summed E-state index contributed by atoms with van der Waals surface area (Å²) in [7, 11) is 4.07. The van der Waals surface area contributed by atoms with Gasteiger partial charge in [-0.2, -0.15) is 5.10 Å². The van der Waals surface area contributed by atoms with Crippen LogP contribution in [0.4, 0.5) is 5.82 Å². The van der Waals surface area contributed by atoms with Crippen LogP contribution in [0.1, 0.15) is 48.1 Å². The van der Waals surface area contributed by atoms with Gasteiger partial charge in [0.15, 0.2) is 0 Å². The third-order valence-corrected chi connectivity index (χ3v) is 6.10. The Morgan fingerprint density at radius 3 is 2.41 bits per heavy atom. The Balaban J connectivity index is 2.08. The van der Waals surface area contributed by atoms with Crippen LogP contribution >= 0.6 is 11.3 Å². The minimum Gasteiger partial charge on any atom is -0.362 e. The second-order valence-corrected chi connectivity index (χ2v) is 8.36. The van der Waals surface area contributed by atoms with Crippen LogP contribution in [0.2, 0.25) is 0 Å². The molecule has 0 aliphatic carbocycles. The van der Waals surface area contributed by atoms with E-state index in [1.54, 1.807) is 0 Å². The predicted octanol–water partition coefficient (Wildman–Crippen LogP) is 5.00. The smallest absolute Gasteiger partial charge is 0.264 e. The number of para-hydroxylation sites is 1. The molecule has 0 radical (unpaired) electrons. The fourth-order valence-electron chi connectivity index (χ4n) is 3.50. The van der Waals surface area contributed by atoms with Gasteiger partial charge >= 0.3 is 0 Å². The zero-order chi connectivity index (χ0) is 21.0. The van der Waals surface area contributed by atoms with Crippen LogP contribution in [0, 0.1) is 0 Å². The first-order chi connectivity index (χ1) is 14.0. The van der Waals surface area contributed by atoms with E-state index in [0.29, 0.717) is 6.54 Å². The molecule has 3 aromatic rings. The van der Waals surface area contributed by atoms with Crippen molar-refractivity contribution in [1.29, 1.82) is 0 Å². The Labute approximate surface area is 177 Å². The monoisotopic (exact) mass is 410 g/mol. The van der Waals surface area contributed by atoms with Gasteiger partial charge in [0.05, 0.1) is 22.8 Å². The van der Waals surface area contributed by atoms with E-state index >= 15 is 0 Å². The summed E-state index contributed by atoms with van der Waals surface area (Å²) >= 11 is 1.50. The van der Waals surface area contributed by atoms with Crippen LogP contribution in [-0.2, 0) is 13.0 Å². The fourth-order valence-corrected chi connectivity index (χ4v) is 4.18. The third kappa shape index (κ3) is 4.37. The van der Waals surface area contributed by atoms with Crippen molar-refractivity contribution in [2.45, 2.75) is 46.2 Å². The molecule has 0 saturated heterocycles. The molecule has 0 N–H and O–H groups in total. The summed E-state index contributed by atoms with van der Waals surface area (Å²) in [6, 6.07) is 14.2. The lowest BCUT2D eigenvalue weighted by atomic mass is 10.1. The van der Waals surface area contributed by atoms with Crippen molar-refractivity contribution in [3.8, 4) is 5.69 Å². The van der Waals surface area contributed by atoms with E-state index in [1.165, 1.54) is 11.3 Å². The summed E-state index contributed by atoms with van der Waals surface area (Å²) < 4.78 is 2.00. The number of thiophene rings is 1. The van der Waals surface area contributed by atoms with Gasteiger partial charge in [-0.05, 0) is 43.3 Å². The number of carbonyl (C=O) groups excluding carboxylic acids is 1. The third-order valence-electron chi connectivity index (χ3n) is 5.24. The van der Waals surface area contributed by atoms with E-state index in [1.807, 2.05) is 59.4 Å². The highest BCUT2D eigenvalue weighted by atomic mass is 32.1. The first-order valence-electron chi connectivity index (χ1n) is 10.2. The van der Waals surface area contributed by atoms with Crippen molar-refractivity contribution in [3.05, 3.63) is 64.0 Å². The zero-order valence-electron chi connectivity index (χ0n) is 17.9. The number of aromatic nitrogens is 2. The van der Waals surface area contributed by atoms with Crippen LogP contribution in [0.5, 0.6) is 0 Å². The molecule has 1 atom stereocenters. The van der Waals surface area contributed by atoms with E-state index in [-0.39, 0.29) is 11.9 Å². The molecule has 0 spiro atoms. The summed E-state index contributed by atoms with van der Waals surface area (Å²) in [5, 5.41) is 6.88. The molecule has 6 heteroatoms. The average Bonchev–Trinajstić information content (AvgIpc) is 3.39. The van der Waals surface area contributed by atoms with Gasteiger partial charge in [-0.15, -0.1) is 11.3 Å². The van der Waals surface area contributed by atoms with Crippen molar-refractivity contribution < 1.29 is 4.79 Å². The van der Waals surface area contributed by atoms with Crippen molar-refractivity contribution >= 4 is 23.1 Å². The maximum Gasteiger partial charge on any atom is 0.264 e. The largest absolute Gasteiger partial charge is 0.362 e. The Kier molecular flexibility index (Phi) is 6.75. The van der Waals surface area contributed by atoms with Gasteiger partial charge in [0.25, 0.3) is 5.91 Å². The van der Waals surface area contributed by atoms with Crippen LogP contribution in [-0.4, -0.2) is 40.7 Å². The molecule has 2 heterocycles. The molecule has 1 aromatic carbocycles. The molecule has 5 nitrogen and oxygen atoms in total. The van der Waals surface area contributed by atoms with E-state index in [4.69, 9.17) is 5.10 Å². The van der Waals surface area contributed by atoms with E-state index < -0.39 is 0 Å². The molecule has 3 rings (SSSR count).